The molecule has 0 amide bonds. The molecule has 2 nitrogen and oxygen atoms in total. The van der Waals surface area contributed by atoms with Gasteiger partial charge in [0.15, 0.2) is 0 Å². The van der Waals surface area contributed by atoms with Gasteiger partial charge in [-0.05, 0) is 43.4 Å². The Bertz CT molecular complexity index is 421. The number of aromatic nitrogens is 1. The van der Waals surface area contributed by atoms with Crippen LogP contribution in [0.1, 0.15) is 52.7 Å². The lowest BCUT2D eigenvalue weighted by molar-refractivity contribution is 0.0500. The minimum atomic E-state index is -0.188. The van der Waals surface area contributed by atoms with Crippen molar-refractivity contribution in [3.8, 4) is 0 Å². The van der Waals surface area contributed by atoms with Crippen LogP contribution in [0, 0.1) is 0 Å². The van der Waals surface area contributed by atoms with Crippen LogP contribution >= 0.6 is 0 Å². The summed E-state index contributed by atoms with van der Waals surface area (Å²) in [7, 11) is 0. The topological polar surface area (TPSA) is 22.1 Å². The Morgan fingerprint density at radius 3 is 2.33 bits per heavy atom. The Balaban J connectivity index is 2.89. The van der Waals surface area contributed by atoms with Gasteiger partial charge in [-0.1, -0.05) is 27.4 Å². The molecule has 0 saturated carbocycles. The highest BCUT2D eigenvalue weighted by molar-refractivity contribution is 5.31. The van der Waals surface area contributed by atoms with E-state index in [9.17, 15) is 0 Å². The molecule has 18 heavy (non-hydrogen) atoms. The Kier molecular flexibility index (Phi) is 4.20. The molecule has 0 aromatic carbocycles. The van der Waals surface area contributed by atoms with Crippen LogP contribution in [0.5, 0.6) is 0 Å². The SMILES string of the molecule is C=C(Cc1ccncc1C(C)(C)C)OC(C)(C)C. The van der Waals surface area contributed by atoms with Crippen LogP contribution in [-0.2, 0) is 16.6 Å². The van der Waals surface area contributed by atoms with E-state index in [1.807, 2.05) is 33.2 Å². The summed E-state index contributed by atoms with van der Waals surface area (Å²) in [4.78, 5) is 4.22. The Labute approximate surface area is 111 Å². The van der Waals surface area contributed by atoms with Crippen molar-refractivity contribution in [3.05, 3.63) is 41.9 Å². The molecule has 0 aliphatic rings. The van der Waals surface area contributed by atoms with E-state index in [2.05, 4.69) is 38.4 Å². The molecule has 0 fully saturated rings. The minimum Gasteiger partial charge on any atom is -0.493 e. The summed E-state index contributed by atoms with van der Waals surface area (Å²) in [6, 6.07) is 2.05. The van der Waals surface area contributed by atoms with Crippen LogP contribution in [0.25, 0.3) is 0 Å². The maximum atomic E-state index is 5.79. The van der Waals surface area contributed by atoms with Gasteiger partial charge < -0.3 is 4.74 Å². The molecule has 1 rings (SSSR count). The minimum absolute atomic E-state index is 0.0889. The molecule has 1 heterocycles. The van der Waals surface area contributed by atoms with Gasteiger partial charge in [-0.2, -0.15) is 0 Å². The van der Waals surface area contributed by atoms with Crippen molar-refractivity contribution < 1.29 is 4.74 Å². The number of allylic oxidation sites excluding steroid dienone is 1. The van der Waals surface area contributed by atoms with Gasteiger partial charge in [-0.3, -0.25) is 4.98 Å². The van der Waals surface area contributed by atoms with E-state index < -0.39 is 0 Å². The monoisotopic (exact) mass is 247 g/mol. The van der Waals surface area contributed by atoms with Crippen LogP contribution in [-0.4, -0.2) is 10.6 Å². The van der Waals surface area contributed by atoms with E-state index in [1.54, 1.807) is 0 Å². The largest absolute Gasteiger partial charge is 0.493 e. The van der Waals surface area contributed by atoms with Crippen molar-refractivity contribution in [2.45, 2.75) is 59.0 Å². The molecule has 1 aromatic heterocycles. The van der Waals surface area contributed by atoms with E-state index in [0.29, 0.717) is 0 Å². The Morgan fingerprint density at radius 1 is 1.22 bits per heavy atom. The number of pyridine rings is 1. The van der Waals surface area contributed by atoms with Crippen molar-refractivity contribution >= 4 is 0 Å². The van der Waals surface area contributed by atoms with Gasteiger partial charge in [0.25, 0.3) is 0 Å². The molecule has 0 N–H and O–H groups in total. The molecule has 2 heteroatoms. The van der Waals surface area contributed by atoms with Crippen molar-refractivity contribution in [1.82, 2.24) is 4.98 Å². The molecule has 0 radical (unpaired) electrons. The molecular formula is C16H25NO. The summed E-state index contributed by atoms with van der Waals surface area (Å²) in [6.45, 7) is 16.7. The smallest absolute Gasteiger partial charge is 0.100 e. The summed E-state index contributed by atoms with van der Waals surface area (Å²) >= 11 is 0. The number of hydrogen-bond acceptors (Lipinski definition) is 2. The predicted octanol–water partition coefficient (Wildman–Crippen LogP) is 4.25. The van der Waals surface area contributed by atoms with Gasteiger partial charge >= 0.3 is 0 Å². The van der Waals surface area contributed by atoms with Gasteiger partial charge in [-0.15, -0.1) is 0 Å². The summed E-state index contributed by atoms with van der Waals surface area (Å²) in [5.41, 5.74) is 2.40. The lowest BCUT2D eigenvalue weighted by atomic mass is 9.84. The third-order valence-corrected chi connectivity index (χ3v) is 2.56. The Hall–Kier alpha value is -1.31. The summed E-state index contributed by atoms with van der Waals surface area (Å²) < 4.78 is 5.79. The molecule has 0 aliphatic heterocycles. The number of rotatable bonds is 3. The highest BCUT2D eigenvalue weighted by Crippen LogP contribution is 2.27. The lowest BCUT2D eigenvalue weighted by Crippen LogP contribution is -2.20. The first kappa shape index (κ1) is 14.7. The van der Waals surface area contributed by atoms with Crippen molar-refractivity contribution in [2.75, 3.05) is 0 Å². The van der Waals surface area contributed by atoms with Crippen LogP contribution in [0.4, 0.5) is 0 Å². The van der Waals surface area contributed by atoms with Gasteiger partial charge in [-0.25, -0.2) is 0 Å². The van der Waals surface area contributed by atoms with E-state index >= 15 is 0 Å². The summed E-state index contributed by atoms with van der Waals surface area (Å²) in [6.07, 6.45) is 4.51. The fourth-order valence-corrected chi connectivity index (χ4v) is 1.93. The molecule has 0 bridgehead atoms. The average molecular weight is 247 g/mol. The zero-order valence-corrected chi connectivity index (χ0v) is 12.5. The van der Waals surface area contributed by atoms with Crippen LogP contribution in [0.15, 0.2) is 30.8 Å². The van der Waals surface area contributed by atoms with Crippen LogP contribution < -0.4 is 0 Å². The van der Waals surface area contributed by atoms with Gasteiger partial charge in [0.05, 0.1) is 5.76 Å². The first-order chi connectivity index (χ1) is 8.09. The molecule has 100 valence electrons. The van der Waals surface area contributed by atoms with Crippen molar-refractivity contribution in [1.29, 1.82) is 0 Å². The maximum absolute atomic E-state index is 5.79. The lowest BCUT2D eigenvalue weighted by Gasteiger charge is -2.26. The third-order valence-electron chi connectivity index (χ3n) is 2.56. The molecule has 0 atom stereocenters. The average Bonchev–Trinajstić information content (AvgIpc) is 2.13. The fourth-order valence-electron chi connectivity index (χ4n) is 1.93. The van der Waals surface area contributed by atoms with E-state index in [4.69, 9.17) is 4.74 Å². The summed E-state index contributed by atoms with van der Waals surface area (Å²) in [5, 5.41) is 0. The van der Waals surface area contributed by atoms with E-state index in [1.165, 1.54) is 11.1 Å². The standard InChI is InChI=1S/C16H25NO/c1-12(18-16(5,6)7)10-13-8-9-17-11-14(13)15(2,3)4/h8-9,11H,1,10H2,2-7H3. The second-order valence-electron chi connectivity index (χ2n) is 6.71. The highest BCUT2D eigenvalue weighted by Gasteiger charge is 2.19. The van der Waals surface area contributed by atoms with Crippen molar-refractivity contribution in [3.63, 3.8) is 0 Å². The van der Waals surface area contributed by atoms with Crippen LogP contribution in [0.2, 0.25) is 0 Å². The maximum Gasteiger partial charge on any atom is 0.100 e. The predicted molar refractivity (Wildman–Crippen MR) is 76.6 cm³/mol. The molecule has 0 aliphatic carbocycles. The van der Waals surface area contributed by atoms with Gasteiger partial charge in [0.1, 0.15) is 5.60 Å². The van der Waals surface area contributed by atoms with E-state index in [-0.39, 0.29) is 11.0 Å². The first-order valence-electron chi connectivity index (χ1n) is 6.40. The highest BCUT2D eigenvalue weighted by atomic mass is 16.5. The van der Waals surface area contributed by atoms with Crippen molar-refractivity contribution in [2.24, 2.45) is 0 Å². The second kappa shape index (κ2) is 5.13. The van der Waals surface area contributed by atoms with Gasteiger partial charge in [0, 0.05) is 18.8 Å². The number of ether oxygens (including phenoxy) is 1. The molecule has 0 spiro atoms. The molecule has 0 saturated heterocycles. The third kappa shape index (κ3) is 4.52. The zero-order chi connectivity index (χ0) is 14.0. The van der Waals surface area contributed by atoms with Gasteiger partial charge in [0.2, 0.25) is 0 Å². The first-order valence-corrected chi connectivity index (χ1v) is 6.40. The molecule has 1 aromatic rings. The number of nitrogens with zero attached hydrogens (tertiary/aromatic N) is 1. The number of hydrogen-bond donors (Lipinski definition) is 0. The normalized spacial score (nSPS) is 12.3. The Morgan fingerprint density at radius 2 is 1.83 bits per heavy atom. The molecule has 0 unspecified atom stereocenters. The fraction of sp³-hybridized carbons (Fsp3) is 0.562. The van der Waals surface area contributed by atoms with Crippen LogP contribution in [0.3, 0.4) is 0 Å². The zero-order valence-electron chi connectivity index (χ0n) is 12.5. The quantitative estimate of drug-likeness (QED) is 0.745. The summed E-state index contributed by atoms with van der Waals surface area (Å²) in [5.74, 6) is 0.805. The van der Waals surface area contributed by atoms with E-state index in [0.717, 1.165) is 12.2 Å². The molecular weight excluding hydrogens is 222 g/mol. The second-order valence-corrected chi connectivity index (χ2v) is 6.71.